The van der Waals surface area contributed by atoms with Crippen molar-refractivity contribution in [2.24, 2.45) is 0 Å². The molecule has 5 N–H and O–H groups in total. The van der Waals surface area contributed by atoms with E-state index in [1.54, 1.807) is 18.2 Å². The maximum absolute atomic E-state index is 9.42. The molecule has 116 valence electrons. The van der Waals surface area contributed by atoms with E-state index in [0.29, 0.717) is 16.3 Å². The fourth-order valence-corrected chi connectivity index (χ4v) is 2.28. The standard InChI is InChI=1S/C15H13ClN6O/c16-12-2-1-3-13(19)10(12)6-9(7-17)14-11(8-18)15(20)22(21-14)4-5-23/h1-3,6,23H,4-5,19-20H2. The molecular weight excluding hydrogens is 316 g/mol. The van der Waals surface area contributed by atoms with Crippen molar-refractivity contribution in [3.05, 3.63) is 40.0 Å². The molecule has 0 radical (unpaired) electrons. The van der Waals surface area contributed by atoms with Crippen molar-refractivity contribution in [1.29, 1.82) is 10.5 Å². The number of aromatic nitrogens is 2. The number of nitrogens with two attached hydrogens (primary N) is 2. The van der Waals surface area contributed by atoms with Crippen molar-refractivity contribution in [3.63, 3.8) is 0 Å². The molecule has 0 spiro atoms. The lowest BCUT2D eigenvalue weighted by molar-refractivity contribution is 0.270. The number of nitrogen functional groups attached to an aromatic ring is 2. The minimum absolute atomic E-state index is 0.0666. The van der Waals surface area contributed by atoms with Crippen molar-refractivity contribution < 1.29 is 5.11 Å². The van der Waals surface area contributed by atoms with Crippen LogP contribution in [0.3, 0.4) is 0 Å². The van der Waals surface area contributed by atoms with E-state index in [-0.39, 0.29) is 35.8 Å². The van der Waals surface area contributed by atoms with E-state index >= 15 is 0 Å². The minimum Gasteiger partial charge on any atom is -0.398 e. The van der Waals surface area contributed by atoms with Gasteiger partial charge in [-0.2, -0.15) is 15.6 Å². The van der Waals surface area contributed by atoms with E-state index in [2.05, 4.69) is 5.10 Å². The smallest absolute Gasteiger partial charge is 0.140 e. The van der Waals surface area contributed by atoms with Gasteiger partial charge in [0.25, 0.3) is 0 Å². The van der Waals surface area contributed by atoms with Gasteiger partial charge >= 0.3 is 0 Å². The molecule has 0 saturated heterocycles. The van der Waals surface area contributed by atoms with Gasteiger partial charge in [-0.3, -0.25) is 0 Å². The van der Waals surface area contributed by atoms with Gasteiger partial charge in [0, 0.05) is 16.3 Å². The Balaban J connectivity index is 2.64. The number of aliphatic hydroxyl groups excluding tert-OH is 1. The second-order valence-corrected chi connectivity index (χ2v) is 4.99. The third kappa shape index (κ3) is 3.11. The van der Waals surface area contributed by atoms with Gasteiger partial charge in [-0.1, -0.05) is 17.7 Å². The summed E-state index contributed by atoms with van der Waals surface area (Å²) in [6, 6.07) is 8.89. The van der Waals surface area contributed by atoms with E-state index in [0.717, 1.165) is 0 Å². The molecular formula is C15H13ClN6O. The number of anilines is 2. The van der Waals surface area contributed by atoms with E-state index in [1.165, 1.54) is 10.8 Å². The van der Waals surface area contributed by atoms with Crippen LogP contribution in [0.25, 0.3) is 11.6 Å². The molecule has 8 heteroatoms. The molecule has 0 unspecified atom stereocenters. The first-order valence-electron chi connectivity index (χ1n) is 6.56. The number of hydrogen-bond donors (Lipinski definition) is 3. The van der Waals surface area contributed by atoms with Crippen LogP contribution in [0.5, 0.6) is 0 Å². The highest BCUT2D eigenvalue weighted by atomic mass is 35.5. The molecule has 7 nitrogen and oxygen atoms in total. The summed E-state index contributed by atoms with van der Waals surface area (Å²) in [6.45, 7) is -0.0767. The summed E-state index contributed by atoms with van der Waals surface area (Å²) in [7, 11) is 0. The van der Waals surface area contributed by atoms with Crippen molar-refractivity contribution in [1.82, 2.24) is 9.78 Å². The molecule has 2 aromatic rings. The average Bonchev–Trinajstić information content (AvgIpc) is 2.84. The van der Waals surface area contributed by atoms with Crippen LogP contribution in [0.2, 0.25) is 5.02 Å². The molecule has 1 aromatic carbocycles. The van der Waals surface area contributed by atoms with E-state index in [4.69, 9.17) is 28.2 Å². The number of nitrogens with zero attached hydrogens (tertiary/aromatic N) is 4. The third-order valence-corrected chi connectivity index (χ3v) is 3.50. The number of benzene rings is 1. The number of allylic oxidation sites excluding steroid dienone is 1. The van der Waals surface area contributed by atoms with Crippen LogP contribution in [0.4, 0.5) is 11.5 Å². The predicted molar refractivity (Wildman–Crippen MR) is 87.8 cm³/mol. The maximum Gasteiger partial charge on any atom is 0.140 e. The Morgan fingerprint density at radius 3 is 2.70 bits per heavy atom. The predicted octanol–water partition coefficient (Wildman–Crippen LogP) is 1.63. The lowest BCUT2D eigenvalue weighted by Gasteiger charge is -2.03. The van der Waals surface area contributed by atoms with E-state index in [1.807, 2.05) is 12.1 Å². The Morgan fingerprint density at radius 1 is 1.39 bits per heavy atom. The largest absolute Gasteiger partial charge is 0.398 e. The molecule has 0 bridgehead atoms. The van der Waals surface area contributed by atoms with Crippen LogP contribution in [0, 0.1) is 22.7 Å². The molecule has 0 aliphatic heterocycles. The lowest BCUT2D eigenvalue weighted by Crippen LogP contribution is -2.07. The first-order valence-corrected chi connectivity index (χ1v) is 6.94. The summed E-state index contributed by atoms with van der Waals surface area (Å²) in [4.78, 5) is 0. The number of halogens is 1. The van der Waals surface area contributed by atoms with Crippen molar-refractivity contribution in [2.75, 3.05) is 18.1 Å². The third-order valence-electron chi connectivity index (χ3n) is 3.17. The topological polar surface area (TPSA) is 138 Å². The zero-order chi connectivity index (χ0) is 17.0. The Morgan fingerprint density at radius 2 is 2.13 bits per heavy atom. The van der Waals surface area contributed by atoms with Gasteiger partial charge in [-0.05, 0) is 18.2 Å². The van der Waals surface area contributed by atoms with E-state index < -0.39 is 0 Å². The summed E-state index contributed by atoms with van der Waals surface area (Å²) in [5, 5.41) is 32.2. The summed E-state index contributed by atoms with van der Waals surface area (Å²) in [6.07, 6.45) is 1.46. The quantitative estimate of drug-likeness (QED) is 0.576. The first kappa shape index (κ1) is 16.4. The van der Waals surface area contributed by atoms with Gasteiger partial charge in [0.2, 0.25) is 0 Å². The number of nitriles is 2. The second kappa shape index (κ2) is 6.84. The van der Waals surface area contributed by atoms with Crippen LogP contribution in [0.15, 0.2) is 18.2 Å². The van der Waals surface area contributed by atoms with Crippen LogP contribution in [0.1, 0.15) is 16.8 Å². The van der Waals surface area contributed by atoms with Gasteiger partial charge in [0.15, 0.2) is 0 Å². The van der Waals surface area contributed by atoms with Crippen molar-refractivity contribution >= 4 is 34.8 Å². The van der Waals surface area contributed by atoms with Crippen molar-refractivity contribution in [2.45, 2.75) is 6.54 Å². The minimum atomic E-state index is -0.195. The van der Waals surface area contributed by atoms with Crippen LogP contribution < -0.4 is 11.5 Å². The number of aliphatic hydroxyl groups is 1. The molecule has 0 fully saturated rings. The molecule has 1 heterocycles. The summed E-state index contributed by atoms with van der Waals surface area (Å²) in [5.41, 5.74) is 12.8. The lowest BCUT2D eigenvalue weighted by atomic mass is 10.0. The number of hydrogen-bond acceptors (Lipinski definition) is 6. The monoisotopic (exact) mass is 328 g/mol. The second-order valence-electron chi connectivity index (χ2n) is 4.58. The summed E-state index contributed by atoms with van der Waals surface area (Å²) >= 11 is 6.10. The fourth-order valence-electron chi connectivity index (χ4n) is 2.04. The Kier molecular flexibility index (Phi) is 4.87. The van der Waals surface area contributed by atoms with Crippen LogP contribution >= 0.6 is 11.6 Å². The van der Waals surface area contributed by atoms with Gasteiger partial charge in [-0.25, -0.2) is 4.68 Å². The summed E-state index contributed by atoms with van der Waals surface area (Å²) in [5.74, 6) is 0.0878. The molecule has 0 aliphatic rings. The highest BCUT2D eigenvalue weighted by Crippen LogP contribution is 2.29. The van der Waals surface area contributed by atoms with Gasteiger partial charge in [-0.15, -0.1) is 0 Å². The van der Waals surface area contributed by atoms with Crippen LogP contribution in [-0.2, 0) is 6.54 Å². The van der Waals surface area contributed by atoms with Crippen LogP contribution in [-0.4, -0.2) is 21.5 Å². The molecule has 23 heavy (non-hydrogen) atoms. The van der Waals surface area contributed by atoms with Gasteiger partial charge in [0.05, 0.1) is 18.7 Å². The highest BCUT2D eigenvalue weighted by Gasteiger charge is 2.19. The summed E-state index contributed by atoms with van der Waals surface area (Å²) < 4.78 is 1.27. The average molecular weight is 329 g/mol. The zero-order valence-electron chi connectivity index (χ0n) is 12.0. The molecule has 0 amide bonds. The molecule has 0 atom stereocenters. The Hall–Kier alpha value is -3.00. The molecule has 0 aliphatic carbocycles. The zero-order valence-corrected chi connectivity index (χ0v) is 12.7. The SMILES string of the molecule is N#CC(=Cc1c(N)cccc1Cl)c1nn(CCO)c(N)c1C#N. The van der Waals surface area contributed by atoms with Gasteiger partial charge < -0.3 is 16.6 Å². The molecule has 1 aromatic heterocycles. The van der Waals surface area contributed by atoms with Gasteiger partial charge in [0.1, 0.15) is 29.2 Å². The fraction of sp³-hybridized carbons (Fsp3) is 0.133. The van der Waals surface area contributed by atoms with Crippen molar-refractivity contribution in [3.8, 4) is 12.1 Å². The highest BCUT2D eigenvalue weighted by molar-refractivity contribution is 6.32. The van der Waals surface area contributed by atoms with E-state index in [9.17, 15) is 10.5 Å². The molecule has 0 saturated carbocycles. The Bertz CT molecular complexity index is 836. The normalized spacial score (nSPS) is 11.0. The Labute approximate surface area is 137 Å². The number of rotatable bonds is 4. The molecule has 2 rings (SSSR count). The first-order chi connectivity index (χ1) is 11.0. The maximum atomic E-state index is 9.42.